The van der Waals surface area contributed by atoms with Gasteiger partial charge in [0.15, 0.2) is 11.5 Å². The Labute approximate surface area is 203 Å². The lowest BCUT2D eigenvalue weighted by Crippen LogP contribution is -2.37. The number of dihydropyridines is 1. The van der Waals surface area contributed by atoms with Gasteiger partial charge in [-0.05, 0) is 49.2 Å². The maximum atomic E-state index is 13.4. The molecule has 7 nitrogen and oxygen atoms in total. The van der Waals surface area contributed by atoms with Crippen LogP contribution in [0.1, 0.15) is 43.4 Å². The van der Waals surface area contributed by atoms with Gasteiger partial charge in [0.25, 0.3) is 0 Å². The summed E-state index contributed by atoms with van der Waals surface area (Å²) in [7, 11) is 3.12. The maximum Gasteiger partial charge on any atom is 0.337 e. The standard InChI is InChI=1S/C26H26ClNO6/c1-5-33-25(29)22-14(2)28-18-13-20(16-8-11-19(31-3)21(12-16)32-4)34-26(30)24(18)23(22)15-6-9-17(27)10-7-15/h6-12,20,23,28H,5,13H2,1-4H3. The van der Waals surface area contributed by atoms with E-state index >= 15 is 0 Å². The summed E-state index contributed by atoms with van der Waals surface area (Å²) in [5.74, 6) is -0.472. The number of carbonyl (C=O) groups excluding carboxylic acids is 2. The molecular weight excluding hydrogens is 458 g/mol. The Balaban J connectivity index is 1.77. The topological polar surface area (TPSA) is 83.1 Å². The van der Waals surface area contributed by atoms with E-state index in [0.717, 1.165) is 11.1 Å². The van der Waals surface area contributed by atoms with E-state index in [2.05, 4.69) is 5.32 Å². The molecule has 0 saturated carbocycles. The van der Waals surface area contributed by atoms with Gasteiger partial charge in [-0.2, -0.15) is 0 Å². The zero-order valence-corrected chi connectivity index (χ0v) is 20.2. The lowest BCUT2D eigenvalue weighted by Gasteiger charge is -2.36. The Morgan fingerprint density at radius 3 is 2.41 bits per heavy atom. The second-order valence-electron chi connectivity index (χ2n) is 7.97. The summed E-state index contributed by atoms with van der Waals surface area (Å²) in [6.07, 6.45) is -0.116. The number of carbonyl (C=O) groups is 2. The fourth-order valence-electron chi connectivity index (χ4n) is 4.43. The quantitative estimate of drug-likeness (QED) is 0.589. The number of esters is 2. The predicted molar refractivity (Wildman–Crippen MR) is 127 cm³/mol. The van der Waals surface area contributed by atoms with E-state index in [0.29, 0.717) is 45.5 Å². The highest BCUT2D eigenvalue weighted by Crippen LogP contribution is 2.45. The molecular formula is C26H26ClNO6. The number of benzene rings is 2. The van der Waals surface area contributed by atoms with Gasteiger partial charge in [-0.15, -0.1) is 0 Å². The molecule has 2 aliphatic rings. The number of methoxy groups -OCH3 is 2. The zero-order chi connectivity index (χ0) is 24.4. The molecule has 2 aromatic carbocycles. The van der Waals surface area contributed by atoms with E-state index in [-0.39, 0.29) is 6.61 Å². The van der Waals surface area contributed by atoms with E-state index < -0.39 is 24.0 Å². The monoisotopic (exact) mass is 483 g/mol. The molecule has 2 unspecified atom stereocenters. The van der Waals surface area contributed by atoms with Crippen LogP contribution in [0.5, 0.6) is 11.5 Å². The first-order valence-corrected chi connectivity index (χ1v) is 11.3. The first-order valence-electron chi connectivity index (χ1n) is 10.9. The van der Waals surface area contributed by atoms with E-state index in [1.165, 1.54) is 0 Å². The normalized spacial score (nSPS) is 19.7. The summed E-state index contributed by atoms with van der Waals surface area (Å²) in [6, 6.07) is 12.5. The van der Waals surface area contributed by atoms with Crippen molar-refractivity contribution in [2.75, 3.05) is 20.8 Å². The van der Waals surface area contributed by atoms with Gasteiger partial charge in [0.1, 0.15) is 6.10 Å². The summed E-state index contributed by atoms with van der Waals surface area (Å²) in [6.45, 7) is 3.78. The van der Waals surface area contributed by atoms with Crippen molar-refractivity contribution in [3.05, 3.63) is 81.2 Å². The van der Waals surface area contributed by atoms with Crippen LogP contribution in [0, 0.1) is 0 Å². The van der Waals surface area contributed by atoms with Gasteiger partial charge in [0.05, 0.1) is 37.9 Å². The van der Waals surface area contributed by atoms with Crippen LogP contribution in [0.15, 0.2) is 65.0 Å². The van der Waals surface area contributed by atoms with Crippen LogP contribution >= 0.6 is 11.6 Å². The number of allylic oxidation sites excluding steroid dienone is 1. The van der Waals surface area contributed by atoms with Crippen LogP contribution in [-0.4, -0.2) is 32.8 Å². The Kier molecular flexibility index (Phi) is 6.84. The second-order valence-corrected chi connectivity index (χ2v) is 8.41. The average molecular weight is 484 g/mol. The molecule has 0 amide bonds. The van der Waals surface area contributed by atoms with Crippen molar-refractivity contribution in [2.24, 2.45) is 0 Å². The molecule has 1 N–H and O–H groups in total. The Bertz CT molecular complexity index is 1180. The van der Waals surface area contributed by atoms with Gasteiger partial charge in [-0.25, -0.2) is 9.59 Å². The molecule has 0 spiro atoms. The molecule has 178 valence electrons. The number of rotatable bonds is 6. The number of nitrogens with one attached hydrogen (secondary N) is 1. The van der Waals surface area contributed by atoms with Crippen LogP contribution in [0.3, 0.4) is 0 Å². The van der Waals surface area contributed by atoms with Gasteiger partial charge in [-0.1, -0.05) is 29.8 Å². The highest BCUT2D eigenvalue weighted by molar-refractivity contribution is 6.30. The van der Waals surface area contributed by atoms with E-state index in [9.17, 15) is 9.59 Å². The van der Waals surface area contributed by atoms with Gasteiger partial charge >= 0.3 is 11.9 Å². The maximum absolute atomic E-state index is 13.4. The number of halogens is 1. The molecule has 0 fully saturated rings. The molecule has 8 heteroatoms. The summed E-state index contributed by atoms with van der Waals surface area (Å²) < 4.78 is 21.9. The molecule has 0 bridgehead atoms. The van der Waals surface area contributed by atoms with E-state index in [1.807, 2.05) is 25.1 Å². The largest absolute Gasteiger partial charge is 0.493 e. The summed E-state index contributed by atoms with van der Waals surface area (Å²) in [5, 5.41) is 3.84. The Morgan fingerprint density at radius 2 is 1.76 bits per heavy atom. The minimum absolute atomic E-state index is 0.223. The fraction of sp³-hybridized carbons (Fsp3) is 0.308. The SMILES string of the molecule is CCOC(=O)C1=C(C)NC2=C(C(=O)OC(c3ccc(OC)c(OC)c3)C2)C1c1ccc(Cl)cc1. The molecule has 0 saturated heterocycles. The van der Waals surface area contributed by atoms with E-state index in [4.69, 9.17) is 30.5 Å². The van der Waals surface area contributed by atoms with Crippen molar-refractivity contribution in [3.63, 3.8) is 0 Å². The second kappa shape index (κ2) is 9.81. The molecule has 4 rings (SSSR count). The Morgan fingerprint density at radius 1 is 1.09 bits per heavy atom. The molecule has 2 aromatic rings. The third kappa shape index (κ3) is 4.35. The predicted octanol–water partition coefficient (Wildman–Crippen LogP) is 4.82. The van der Waals surface area contributed by atoms with E-state index in [1.54, 1.807) is 45.4 Å². The first kappa shape index (κ1) is 23.7. The van der Waals surface area contributed by atoms with Gasteiger partial charge in [0, 0.05) is 22.8 Å². The van der Waals surface area contributed by atoms with Crippen molar-refractivity contribution in [1.29, 1.82) is 0 Å². The molecule has 0 aromatic heterocycles. The van der Waals surface area contributed by atoms with Crippen molar-refractivity contribution in [1.82, 2.24) is 5.32 Å². The molecule has 2 heterocycles. The lowest BCUT2D eigenvalue weighted by atomic mass is 9.78. The number of ether oxygens (including phenoxy) is 4. The molecule has 34 heavy (non-hydrogen) atoms. The average Bonchev–Trinajstić information content (AvgIpc) is 2.83. The highest BCUT2D eigenvalue weighted by Gasteiger charge is 2.42. The minimum atomic E-state index is -0.633. The minimum Gasteiger partial charge on any atom is -0.493 e. The zero-order valence-electron chi connectivity index (χ0n) is 19.4. The smallest absolute Gasteiger partial charge is 0.337 e. The lowest BCUT2D eigenvalue weighted by molar-refractivity contribution is -0.146. The summed E-state index contributed by atoms with van der Waals surface area (Å²) >= 11 is 6.09. The molecule has 2 atom stereocenters. The van der Waals surface area contributed by atoms with Gasteiger partial charge in [-0.3, -0.25) is 0 Å². The third-order valence-corrected chi connectivity index (χ3v) is 6.23. The third-order valence-electron chi connectivity index (χ3n) is 5.98. The molecule has 2 aliphatic heterocycles. The van der Waals surface area contributed by atoms with Gasteiger partial charge in [0.2, 0.25) is 0 Å². The van der Waals surface area contributed by atoms with Crippen LogP contribution < -0.4 is 14.8 Å². The highest BCUT2D eigenvalue weighted by atomic mass is 35.5. The fourth-order valence-corrected chi connectivity index (χ4v) is 4.55. The number of hydrogen-bond donors (Lipinski definition) is 1. The Hall–Kier alpha value is -3.45. The van der Waals surface area contributed by atoms with Crippen LogP contribution in [-0.2, 0) is 19.1 Å². The number of cyclic esters (lactones) is 1. The number of hydrogen-bond acceptors (Lipinski definition) is 7. The summed E-state index contributed by atoms with van der Waals surface area (Å²) in [4.78, 5) is 26.3. The van der Waals surface area contributed by atoms with Crippen molar-refractivity contribution in [2.45, 2.75) is 32.3 Å². The van der Waals surface area contributed by atoms with Crippen LogP contribution in [0.4, 0.5) is 0 Å². The van der Waals surface area contributed by atoms with Crippen LogP contribution in [0.25, 0.3) is 0 Å². The van der Waals surface area contributed by atoms with Crippen molar-refractivity contribution < 1.29 is 28.5 Å². The molecule has 0 radical (unpaired) electrons. The van der Waals surface area contributed by atoms with Gasteiger partial charge < -0.3 is 24.3 Å². The van der Waals surface area contributed by atoms with Crippen molar-refractivity contribution in [3.8, 4) is 11.5 Å². The molecule has 0 aliphatic carbocycles. The summed E-state index contributed by atoms with van der Waals surface area (Å²) in [5.41, 5.74) is 3.65. The van der Waals surface area contributed by atoms with Crippen molar-refractivity contribution >= 4 is 23.5 Å². The van der Waals surface area contributed by atoms with Crippen LogP contribution in [0.2, 0.25) is 5.02 Å². The first-order chi connectivity index (χ1) is 16.4.